The summed E-state index contributed by atoms with van der Waals surface area (Å²) in [6, 6.07) is 0. The zero-order valence-corrected chi connectivity index (χ0v) is 10.9. The number of rotatable bonds is 2. The van der Waals surface area contributed by atoms with E-state index in [1.165, 1.54) is 0 Å². The molecule has 0 saturated carbocycles. The molecule has 0 amide bonds. The molecule has 2 saturated heterocycles. The molecule has 17 heavy (non-hydrogen) atoms. The minimum absolute atomic E-state index is 0. The summed E-state index contributed by atoms with van der Waals surface area (Å²) in [5.74, 6) is 0.180. The molecule has 8 nitrogen and oxygen atoms in total. The van der Waals surface area contributed by atoms with Crippen molar-refractivity contribution in [2.24, 2.45) is 0 Å². The Labute approximate surface area is 103 Å². The lowest BCUT2D eigenvalue weighted by Gasteiger charge is -2.34. The van der Waals surface area contributed by atoms with Crippen molar-refractivity contribution in [1.29, 1.82) is 0 Å². The van der Waals surface area contributed by atoms with E-state index in [0.29, 0.717) is 19.8 Å². The van der Waals surface area contributed by atoms with Gasteiger partial charge < -0.3 is 0 Å². The lowest BCUT2D eigenvalue weighted by atomic mass is 10.5. The van der Waals surface area contributed by atoms with E-state index < -0.39 is 20.0 Å². The number of hydrogen-bond donors (Lipinski definition) is 2. The van der Waals surface area contributed by atoms with Crippen LogP contribution in [0.4, 0.5) is 0 Å². The van der Waals surface area contributed by atoms with Crippen LogP contribution in [0.25, 0.3) is 0 Å². The summed E-state index contributed by atoms with van der Waals surface area (Å²) in [7, 11) is -6.19. The summed E-state index contributed by atoms with van der Waals surface area (Å²) in [6.45, 7) is 2.07. The molecule has 2 rings (SSSR count). The van der Waals surface area contributed by atoms with Crippen molar-refractivity contribution in [3.8, 4) is 0 Å². The highest BCUT2D eigenvalue weighted by Gasteiger charge is 2.25. The maximum absolute atomic E-state index is 11.1. The van der Waals surface area contributed by atoms with Crippen molar-refractivity contribution < 1.29 is 18.3 Å². The predicted octanol–water partition coefficient (Wildman–Crippen LogP) is -2.56. The van der Waals surface area contributed by atoms with Gasteiger partial charge in [0.1, 0.15) is 0 Å². The van der Waals surface area contributed by atoms with Crippen LogP contribution in [-0.2, 0) is 20.0 Å². The Balaban J connectivity index is 0.00000162. The Hall–Kier alpha value is -0.260. The quantitative estimate of drug-likeness (QED) is 0.579. The van der Waals surface area contributed by atoms with Crippen molar-refractivity contribution in [2.75, 3.05) is 44.6 Å². The summed E-state index contributed by atoms with van der Waals surface area (Å²) in [5.41, 5.74) is 0. The molecule has 0 unspecified atom stereocenters. The third-order valence-corrected chi connectivity index (χ3v) is 5.35. The average molecular weight is 285 g/mol. The molecule has 100 valence electrons. The first kappa shape index (κ1) is 13.2. The maximum atomic E-state index is 11.1. The molecule has 0 aromatic rings. The molecule has 0 aromatic carbocycles. The molecule has 0 radical (unpaired) electrons. The normalized spacial score (nSPS) is 30.1. The van der Waals surface area contributed by atoms with Crippen molar-refractivity contribution in [3.05, 3.63) is 0 Å². The van der Waals surface area contributed by atoms with Crippen LogP contribution >= 0.6 is 0 Å². The first-order valence-corrected chi connectivity index (χ1v) is 8.56. The second-order valence-electron chi connectivity index (χ2n) is 4.17. The molecular weight excluding hydrogens is 268 g/mol. The van der Waals surface area contributed by atoms with Gasteiger partial charge in [0.25, 0.3) is 0 Å². The second-order valence-corrected chi connectivity index (χ2v) is 8.03. The van der Waals surface area contributed by atoms with E-state index in [-0.39, 0.29) is 26.3 Å². The summed E-state index contributed by atoms with van der Waals surface area (Å²) in [5, 5.41) is 0. The van der Waals surface area contributed by atoms with Gasteiger partial charge in [-0.15, -0.1) is 0 Å². The van der Waals surface area contributed by atoms with E-state index >= 15 is 0 Å². The van der Waals surface area contributed by atoms with Gasteiger partial charge in [-0.3, -0.25) is 9.80 Å². The van der Waals surface area contributed by atoms with E-state index in [2.05, 4.69) is 9.44 Å². The molecule has 2 heterocycles. The second kappa shape index (κ2) is 4.78. The fourth-order valence-corrected chi connectivity index (χ4v) is 3.75. The summed E-state index contributed by atoms with van der Waals surface area (Å²) in [6.07, 6.45) is 0. The van der Waals surface area contributed by atoms with Gasteiger partial charge in [0.15, 0.2) is 0 Å². The topological polar surface area (TPSA) is 98.8 Å². The van der Waals surface area contributed by atoms with E-state index in [0.717, 1.165) is 0 Å². The highest BCUT2D eigenvalue weighted by molar-refractivity contribution is 7.89. The number of hydrogen-bond acceptors (Lipinski definition) is 6. The Morgan fingerprint density at radius 2 is 1.29 bits per heavy atom. The van der Waals surface area contributed by atoms with Gasteiger partial charge in [-0.05, 0) is 0 Å². The molecule has 2 aliphatic rings. The van der Waals surface area contributed by atoms with Crippen LogP contribution in [0.5, 0.6) is 0 Å². The third kappa shape index (κ3) is 3.86. The smallest absolute Gasteiger partial charge is 0.276 e. The molecule has 0 bridgehead atoms. The molecule has 2 aliphatic heterocycles. The van der Waals surface area contributed by atoms with Crippen LogP contribution < -0.4 is 9.44 Å². The third-order valence-electron chi connectivity index (χ3n) is 2.77. The maximum Gasteiger partial charge on any atom is 1.00 e. The summed E-state index contributed by atoms with van der Waals surface area (Å²) < 4.78 is 49.4. The fraction of sp³-hybridized carbons (Fsp3) is 1.00. The number of sulfonamides is 2. The van der Waals surface area contributed by atoms with Gasteiger partial charge in [0.05, 0.1) is 31.5 Å². The Morgan fingerprint density at radius 1 is 0.882 bits per heavy atom. The fourth-order valence-electron chi connectivity index (χ4n) is 1.70. The van der Waals surface area contributed by atoms with Crippen molar-refractivity contribution in [3.63, 3.8) is 0 Å². The van der Waals surface area contributed by atoms with E-state index in [4.69, 9.17) is 0 Å². The first-order chi connectivity index (χ1) is 7.86. The van der Waals surface area contributed by atoms with Gasteiger partial charge in [-0.2, -0.15) is 0 Å². The molecule has 2 fully saturated rings. The standard InChI is InChI=1S/C7H16N4O4S2/c12-16(13)3-1-10(5-8-16)7-11-2-4-17(14,15)9-6-11/h8-9H,1-7H2/p+1. The minimum atomic E-state index is -3.10. The zero-order valence-electron chi connectivity index (χ0n) is 10.3. The molecule has 2 N–H and O–H groups in total. The zero-order chi connectivity index (χ0) is 12.5. The molecule has 0 aliphatic carbocycles. The van der Waals surface area contributed by atoms with Crippen LogP contribution in [-0.4, -0.2) is 71.2 Å². The van der Waals surface area contributed by atoms with Crippen LogP contribution in [0.2, 0.25) is 0 Å². The molecule has 10 heteroatoms. The first-order valence-electron chi connectivity index (χ1n) is 5.26. The van der Waals surface area contributed by atoms with Gasteiger partial charge in [-0.1, -0.05) is 0 Å². The molecule has 0 spiro atoms. The minimum Gasteiger partial charge on any atom is -0.276 e. The monoisotopic (exact) mass is 285 g/mol. The highest BCUT2D eigenvalue weighted by Crippen LogP contribution is 2.03. The average Bonchev–Trinajstić information content (AvgIpc) is 2.24. The molecular formula is C7H17N4O4S2+. The molecule has 0 aromatic heterocycles. The lowest BCUT2D eigenvalue weighted by molar-refractivity contribution is 0.130. The van der Waals surface area contributed by atoms with Crippen LogP contribution in [0.15, 0.2) is 0 Å². The Kier molecular flexibility index (Phi) is 3.71. The molecule has 0 atom stereocenters. The lowest BCUT2D eigenvalue weighted by Crippen LogP contribution is -2.55. The van der Waals surface area contributed by atoms with Crippen molar-refractivity contribution in [1.82, 2.24) is 19.2 Å². The van der Waals surface area contributed by atoms with Gasteiger partial charge in [0, 0.05) is 13.1 Å². The van der Waals surface area contributed by atoms with Crippen LogP contribution in [0, 0.1) is 0 Å². The van der Waals surface area contributed by atoms with Crippen molar-refractivity contribution in [2.45, 2.75) is 0 Å². The predicted molar refractivity (Wildman–Crippen MR) is 63.0 cm³/mol. The largest absolute Gasteiger partial charge is 1.00 e. The van der Waals surface area contributed by atoms with E-state index in [1.807, 2.05) is 9.80 Å². The Bertz CT molecular complexity index is 408. The highest BCUT2D eigenvalue weighted by atomic mass is 32.2. The van der Waals surface area contributed by atoms with Gasteiger partial charge in [0.2, 0.25) is 20.0 Å². The van der Waals surface area contributed by atoms with Crippen molar-refractivity contribution >= 4 is 20.0 Å². The summed E-state index contributed by atoms with van der Waals surface area (Å²) >= 11 is 0. The van der Waals surface area contributed by atoms with Gasteiger partial charge in [-0.25, -0.2) is 26.3 Å². The van der Waals surface area contributed by atoms with Crippen LogP contribution in [0.1, 0.15) is 1.43 Å². The van der Waals surface area contributed by atoms with E-state index in [9.17, 15) is 16.8 Å². The Morgan fingerprint density at radius 3 is 1.59 bits per heavy atom. The number of nitrogens with zero attached hydrogens (tertiary/aromatic N) is 2. The SMILES string of the molecule is O=S1(=O)CCN(CN2CCS(=O)(=O)NC2)CN1.[H+]. The van der Waals surface area contributed by atoms with E-state index in [1.54, 1.807) is 0 Å². The van der Waals surface area contributed by atoms with Crippen LogP contribution in [0.3, 0.4) is 0 Å². The number of nitrogens with one attached hydrogen (secondary N) is 2. The summed E-state index contributed by atoms with van der Waals surface area (Å²) in [4.78, 5) is 3.86. The van der Waals surface area contributed by atoms with Gasteiger partial charge >= 0.3 is 1.43 Å².